The van der Waals surface area contributed by atoms with Crippen molar-refractivity contribution in [1.29, 1.82) is 0 Å². The molecule has 1 aromatic rings. The second kappa shape index (κ2) is 9.33. The number of halogens is 2. The monoisotopic (exact) mass is 349 g/mol. The molecule has 0 spiro atoms. The summed E-state index contributed by atoms with van der Waals surface area (Å²) in [6.07, 6.45) is -0.0807. The lowest BCUT2D eigenvalue weighted by atomic mass is 9.99. The van der Waals surface area contributed by atoms with Gasteiger partial charge in [0.2, 0.25) is 0 Å². The minimum absolute atomic E-state index is 0. The van der Waals surface area contributed by atoms with Gasteiger partial charge in [0.25, 0.3) is 0 Å². The summed E-state index contributed by atoms with van der Waals surface area (Å²) in [5.41, 5.74) is 0.933. The number of hydrogen-bond donors (Lipinski definition) is 1. The highest BCUT2D eigenvalue weighted by molar-refractivity contribution is 6.31. The fourth-order valence-electron chi connectivity index (χ4n) is 2.54. The summed E-state index contributed by atoms with van der Waals surface area (Å²) in [6.45, 7) is 2.03. The van der Waals surface area contributed by atoms with Crippen LogP contribution in [0, 0.1) is 0 Å². The predicted molar refractivity (Wildman–Crippen MR) is 86.9 cm³/mol. The molecule has 1 aliphatic rings. The fraction of sp³-hybridized carbons (Fsp3) is 0.533. The lowest BCUT2D eigenvalue weighted by molar-refractivity contribution is -0.138. The van der Waals surface area contributed by atoms with Crippen LogP contribution >= 0.6 is 24.0 Å². The molecule has 0 radical (unpaired) electrons. The van der Waals surface area contributed by atoms with E-state index in [0.717, 1.165) is 5.56 Å². The first kappa shape index (κ1) is 19.2. The number of nitrogens with zero attached hydrogens (tertiary/aromatic N) is 1. The van der Waals surface area contributed by atoms with Crippen LogP contribution in [0.5, 0.6) is 0 Å². The number of carboxylic acids is 1. The van der Waals surface area contributed by atoms with Crippen LogP contribution in [-0.2, 0) is 14.3 Å². The molecule has 7 heteroatoms. The van der Waals surface area contributed by atoms with Crippen LogP contribution in [0.4, 0.5) is 0 Å². The van der Waals surface area contributed by atoms with Crippen LogP contribution in [-0.4, -0.2) is 55.5 Å². The maximum Gasteiger partial charge on any atom is 0.304 e. The summed E-state index contributed by atoms with van der Waals surface area (Å²) in [7, 11) is 1.88. The largest absolute Gasteiger partial charge is 0.481 e. The molecule has 0 aliphatic carbocycles. The van der Waals surface area contributed by atoms with E-state index < -0.39 is 5.97 Å². The maximum atomic E-state index is 10.8. The summed E-state index contributed by atoms with van der Waals surface area (Å²) in [5.74, 6) is -0.819. The highest BCUT2D eigenvalue weighted by Crippen LogP contribution is 2.32. The first-order valence-corrected chi connectivity index (χ1v) is 7.33. The average molecular weight is 350 g/mol. The summed E-state index contributed by atoms with van der Waals surface area (Å²) < 4.78 is 11.3. The van der Waals surface area contributed by atoms with Gasteiger partial charge in [-0.1, -0.05) is 29.8 Å². The molecule has 22 heavy (non-hydrogen) atoms. The van der Waals surface area contributed by atoms with E-state index in [1.165, 1.54) is 0 Å². The van der Waals surface area contributed by atoms with Crippen molar-refractivity contribution in [2.75, 3.05) is 33.4 Å². The van der Waals surface area contributed by atoms with Gasteiger partial charge in [-0.25, -0.2) is 0 Å². The van der Waals surface area contributed by atoms with Gasteiger partial charge in [0.1, 0.15) is 6.10 Å². The Labute approximate surface area is 141 Å². The van der Waals surface area contributed by atoms with E-state index in [1.807, 2.05) is 36.2 Å². The Balaban J connectivity index is 0.00000242. The molecule has 2 rings (SSSR count). The van der Waals surface area contributed by atoms with E-state index in [1.54, 1.807) is 0 Å². The minimum atomic E-state index is -0.819. The van der Waals surface area contributed by atoms with Crippen molar-refractivity contribution in [2.45, 2.75) is 18.6 Å². The number of hydrogen-bond acceptors (Lipinski definition) is 4. The Hall–Kier alpha value is -0.850. The van der Waals surface area contributed by atoms with Gasteiger partial charge in [-0.05, 0) is 18.7 Å². The standard InChI is InChI=1S/C15H20ClNO4.ClH/c1-17(7-6-14(18)19)15(13-10-20-8-9-21-13)11-4-2-3-5-12(11)16;/h2-5,13,15H,6-10H2,1H3,(H,18,19);1H. The Morgan fingerprint density at radius 3 is 2.77 bits per heavy atom. The molecule has 1 fully saturated rings. The van der Waals surface area contributed by atoms with Crippen LogP contribution in [0.1, 0.15) is 18.0 Å². The number of aliphatic carboxylic acids is 1. The third-order valence-electron chi connectivity index (χ3n) is 3.57. The van der Waals surface area contributed by atoms with Gasteiger partial charge in [-0.3, -0.25) is 9.69 Å². The van der Waals surface area contributed by atoms with Crippen LogP contribution in [0.15, 0.2) is 24.3 Å². The lowest BCUT2D eigenvalue weighted by Crippen LogP contribution is -2.42. The first-order chi connectivity index (χ1) is 10.1. The molecule has 1 heterocycles. The van der Waals surface area contributed by atoms with E-state index in [2.05, 4.69) is 0 Å². The molecule has 1 N–H and O–H groups in total. The van der Waals surface area contributed by atoms with Crippen molar-refractivity contribution in [2.24, 2.45) is 0 Å². The maximum absolute atomic E-state index is 10.8. The fourth-order valence-corrected chi connectivity index (χ4v) is 2.78. The molecular weight excluding hydrogens is 329 g/mol. The van der Waals surface area contributed by atoms with Crippen molar-refractivity contribution in [3.05, 3.63) is 34.9 Å². The minimum Gasteiger partial charge on any atom is -0.481 e. The van der Waals surface area contributed by atoms with Gasteiger partial charge in [-0.15, -0.1) is 12.4 Å². The number of carboxylic acid groups (broad SMARTS) is 1. The molecule has 0 aromatic heterocycles. The van der Waals surface area contributed by atoms with Gasteiger partial charge in [-0.2, -0.15) is 0 Å². The molecular formula is C15H21Cl2NO4. The zero-order valence-electron chi connectivity index (χ0n) is 12.4. The zero-order chi connectivity index (χ0) is 15.2. The second-order valence-electron chi connectivity index (χ2n) is 5.07. The molecule has 1 saturated heterocycles. The Bertz CT molecular complexity index is 480. The molecule has 0 saturated carbocycles. The molecule has 2 atom stereocenters. The van der Waals surface area contributed by atoms with Crippen molar-refractivity contribution < 1.29 is 19.4 Å². The Morgan fingerprint density at radius 1 is 1.45 bits per heavy atom. The number of ether oxygens (including phenoxy) is 2. The van der Waals surface area contributed by atoms with E-state index in [9.17, 15) is 4.79 Å². The SMILES string of the molecule is CN(CCC(=O)O)C(c1ccccc1Cl)C1COCCO1.Cl. The lowest BCUT2D eigenvalue weighted by Gasteiger charge is -2.37. The van der Waals surface area contributed by atoms with E-state index in [0.29, 0.717) is 31.4 Å². The third kappa shape index (κ3) is 5.11. The molecule has 2 unspecified atom stereocenters. The number of likely N-dealkylation sites (N-methyl/N-ethyl adjacent to an activating group) is 1. The number of carbonyl (C=O) groups is 1. The van der Waals surface area contributed by atoms with Gasteiger partial charge in [0.05, 0.1) is 32.3 Å². The topological polar surface area (TPSA) is 59.0 Å². The zero-order valence-corrected chi connectivity index (χ0v) is 14.0. The molecule has 0 amide bonds. The molecule has 124 valence electrons. The van der Waals surface area contributed by atoms with Crippen molar-refractivity contribution in [3.8, 4) is 0 Å². The van der Waals surface area contributed by atoms with Gasteiger partial charge < -0.3 is 14.6 Å². The number of rotatable bonds is 6. The molecule has 1 aliphatic heterocycles. The smallest absolute Gasteiger partial charge is 0.304 e. The van der Waals surface area contributed by atoms with Crippen molar-refractivity contribution >= 4 is 30.0 Å². The van der Waals surface area contributed by atoms with Crippen LogP contribution in [0.2, 0.25) is 5.02 Å². The van der Waals surface area contributed by atoms with Crippen LogP contribution in [0.25, 0.3) is 0 Å². The quantitative estimate of drug-likeness (QED) is 0.855. The molecule has 1 aromatic carbocycles. The Morgan fingerprint density at radius 2 is 2.18 bits per heavy atom. The van der Waals surface area contributed by atoms with Crippen LogP contribution < -0.4 is 0 Å². The highest BCUT2D eigenvalue weighted by atomic mass is 35.5. The van der Waals surface area contributed by atoms with E-state index >= 15 is 0 Å². The summed E-state index contributed by atoms with van der Waals surface area (Å²) >= 11 is 6.31. The average Bonchev–Trinajstić information content (AvgIpc) is 2.48. The van der Waals surface area contributed by atoms with Gasteiger partial charge in [0.15, 0.2) is 0 Å². The molecule has 0 bridgehead atoms. The van der Waals surface area contributed by atoms with E-state index in [4.69, 9.17) is 26.2 Å². The summed E-state index contributed by atoms with van der Waals surface area (Å²) in [6, 6.07) is 7.45. The molecule has 5 nitrogen and oxygen atoms in total. The van der Waals surface area contributed by atoms with Gasteiger partial charge >= 0.3 is 5.97 Å². The third-order valence-corrected chi connectivity index (χ3v) is 3.92. The number of benzene rings is 1. The second-order valence-corrected chi connectivity index (χ2v) is 5.48. The van der Waals surface area contributed by atoms with E-state index in [-0.39, 0.29) is 31.0 Å². The van der Waals surface area contributed by atoms with Crippen molar-refractivity contribution in [1.82, 2.24) is 4.90 Å². The van der Waals surface area contributed by atoms with Crippen LogP contribution in [0.3, 0.4) is 0 Å². The highest BCUT2D eigenvalue weighted by Gasteiger charge is 2.31. The normalized spacial score (nSPS) is 19.5. The van der Waals surface area contributed by atoms with Crippen molar-refractivity contribution in [3.63, 3.8) is 0 Å². The predicted octanol–water partition coefficient (Wildman–Crippen LogP) is 2.62. The summed E-state index contributed by atoms with van der Waals surface area (Å²) in [5, 5.41) is 9.52. The van der Waals surface area contributed by atoms with Gasteiger partial charge in [0, 0.05) is 11.6 Å². The first-order valence-electron chi connectivity index (χ1n) is 6.95. The Kier molecular flexibility index (Phi) is 8.14. The summed E-state index contributed by atoms with van der Waals surface area (Å²) in [4.78, 5) is 12.8.